The number of halogens is 2. The van der Waals surface area contributed by atoms with Crippen LogP contribution < -0.4 is 0 Å². The van der Waals surface area contributed by atoms with Crippen molar-refractivity contribution in [1.82, 2.24) is 24.5 Å². The highest BCUT2D eigenvalue weighted by atomic mass is 35.5. The molecular formula is C13H19Cl2N5OSi. The van der Waals surface area contributed by atoms with E-state index < -0.39 is 8.07 Å². The fourth-order valence-corrected chi connectivity index (χ4v) is 2.91. The van der Waals surface area contributed by atoms with Gasteiger partial charge in [-0.15, -0.1) is 0 Å². The molecule has 0 saturated heterocycles. The van der Waals surface area contributed by atoms with Gasteiger partial charge in [-0.3, -0.25) is 0 Å². The Hall–Kier alpha value is -1.02. The van der Waals surface area contributed by atoms with Crippen molar-refractivity contribution in [1.29, 1.82) is 0 Å². The second kappa shape index (κ2) is 7.50. The molecule has 0 amide bonds. The highest BCUT2D eigenvalue weighted by Gasteiger charge is 2.13. The first-order valence-corrected chi connectivity index (χ1v) is 11.4. The molecule has 0 atom stereocenters. The van der Waals surface area contributed by atoms with E-state index in [0.29, 0.717) is 19.0 Å². The summed E-state index contributed by atoms with van der Waals surface area (Å²) in [7, 11) is -1.07. The molecule has 0 aliphatic rings. The monoisotopic (exact) mass is 359 g/mol. The van der Waals surface area contributed by atoms with Crippen LogP contribution in [0.25, 0.3) is 0 Å². The van der Waals surface area contributed by atoms with Crippen molar-refractivity contribution in [2.75, 3.05) is 6.61 Å². The van der Waals surface area contributed by atoms with Gasteiger partial charge in [-0.25, -0.2) is 15.0 Å². The predicted molar refractivity (Wildman–Crippen MR) is 89.0 cm³/mol. The second-order valence-corrected chi connectivity index (χ2v) is 12.5. The Morgan fingerprint density at radius 2 is 1.82 bits per heavy atom. The minimum atomic E-state index is -1.07. The van der Waals surface area contributed by atoms with Gasteiger partial charge in [0.2, 0.25) is 10.6 Å². The van der Waals surface area contributed by atoms with E-state index in [1.807, 2.05) is 4.57 Å². The SMILES string of the molecule is C[Si](C)(C)CCOCn1cncc1Cc1nc(Cl)nc(Cl)n1. The molecule has 0 fully saturated rings. The maximum atomic E-state index is 5.79. The van der Waals surface area contributed by atoms with Gasteiger partial charge in [0.1, 0.15) is 12.6 Å². The van der Waals surface area contributed by atoms with Crippen molar-refractivity contribution < 1.29 is 4.74 Å². The van der Waals surface area contributed by atoms with Gasteiger partial charge in [-0.2, -0.15) is 4.98 Å². The van der Waals surface area contributed by atoms with E-state index in [9.17, 15) is 0 Å². The Balaban J connectivity index is 1.94. The molecule has 2 aromatic rings. The molecule has 2 aromatic heterocycles. The molecule has 2 heterocycles. The average Bonchev–Trinajstić information content (AvgIpc) is 2.79. The number of aromatic nitrogens is 5. The fraction of sp³-hybridized carbons (Fsp3) is 0.538. The summed E-state index contributed by atoms with van der Waals surface area (Å²) in [6.45, 7) is 8.21. The summed E-state index contributed by atoms with van der Waals surface area (Å²) in [6, 6.07) is 1.13. The highest BCUT2D eigenvalue weighted by Crippen LogP contribution is 2.12. The van der Waals surface area contributed by atoms with Crippen LogP contribution in [0.3, 0.4) is 0 Å². The summed E-state index contributed by atoms with van der Waals surface area (Å²) in [5, 5.41) is 0.180. The molecule has 0 spiro atoms. The molecule has 0 radical (unpaired) electrons. The van der Waals surface area contributed by atoms with Gasteiger partial charge in [-0.05, 0) is 29.2 Å². The van der Waals surface area contributed by atoms with Gasteiger partial charge in [-0.1, -0.05) is 19.6 Å². The standard InChI is InChI=1S/C13H19Cl2N5OSi/c1-22(2,3)5-4-21-9-20-8-16-7-10(20)6-11-17-12(14)19-13(15)18-11/h7-8H,4-6,9H2,1-3H3. The third kappa shape index (κ3) is 5.64. The topological polar surface area (TPSA) is 65.7 Å². The zero-order chi connectivity index (χ0) is 16.2. The number of nitrogens with zero attached hydrogens (tertiary/aromatic N) is 5. The summed E-state index contributed by atoms with van der Waals surface area (Å²) < 4.78 is 7.66. The van der Waals surface area contributed by atoms with Crippen LogP contribution in [0.1, 0.15) is 11.5 Å². The minimum Gasteiger partial charge on any atom is -0.361 e. The maximum absolute atomic E-state index is 5.79. The molecule has 22 heavy (non-hydrogen) atoms. The smallest absolute Gasteiger partial charge is 0.226 e. The number of hydrogen-bond acceptors (Lipinski definition) is 5. The van der Waals surface area contributed by atoms with Crippen LogP contribution in [-0.4, -0.2) is 39.2 Å². The third-order valence-electron chi connectivity index (χ3n) is 2.99. The van der Waals surface area contributed by atoms with Crippen LogP contribution in [0.4, 0.5) is 0 Å². The van der Waals surface area contributed by atoms with E-state index in [0.717, 1.165) is 18.3 Å². The van der Waals surface area contributed by atoms with E-state index in [4.69, 9.17) is 27.9 Å². The van der Waals surface area contributed by atoms with Crippen LogP contribution in [0.15, 0.2) is 12.5 Å². The molecular weight excluding hydrogens is 341 g/mol. The third-order valence-corrected chi connectivity index (χ3v) is 5.03. The Morgan fingerprint density at radius 3 is 2.45 bits per heavy atom. The zero-order valence-electron chi connectivity index (χ0n) is 12.9. The van der Waals surface area contributed by atoms with Crippen LogP contribution in [0, 0.1) is 0 Å². The first-order chi connectivity index (χ1) is 10.3. The molecule has 9 heteroatoms. The Bertz CT molecular complexity index is 609. The van der Waals surface area contributed by atoms with Gasteiger partial charge in [0, 0.05) is 33.0 Å². The van der Waals surface area contributed by atoms with Crippen molar-refractivity contribution in [3.05, 3.63) is 34.6 Å². The lowest BCUT2D eigenvalue weighted by Crippen LogP contribution is -2.22. The number of hydrogen-bond donors (Lipinski definition) is 0. The maximum Gasteiger partial charge on any atom is 0.226 e. The lowest BCUT2D eigenvalue weighted by molar-refractivity contribution is 0.0855. The lowest BCUT2D eigenvalue weighted by Gasteiger charge is -2.16. The largest absolute Gasteiger partial charge is 0.361 e. The van der Waals surface area contributed by atoms with Crippen LogP contribution in [0.2, 0.25) is 36.3 Å². The first kappa shape index (κ1) is 17.3. The summed E-state index contributed by atoms with van der Waals surface area (Å²) in [5.74, 6) is 0.508. The molecule has 0 N–H and O–H groups in total. The Labute approximate surface area is 140 Å². The molecule has 0 aromatic carbocycles. The van der Waals surface area contributed by atoms with Gasteiger partial charge >= 0.3 is 0 Å². The number of rotatable bonds is 7. The summed E-state index contributed by atoms with van der Waals surface area (Å²) in [4.78, 5) is 16.0. The number of ether oxygens (including phenoxy) is 1. The van der Waals surface area contributed by atoms with E-state index in [-0.39, 0.29) is 10.6 Å². The fourth-order valence-electron chi connectivity index (χ4n) is 1.76. The Kier molecular flexibility index (Phi) is 5.91. The number of imidazole rings is 1. The quantitative estimate of drug-likeness (QED) is 0.560. The van der Waals surface area contributed by atoms with E-state index in [1.54, 1.807) is 12.5 Å². The lowest BCUT2D eigenvalue weighted by atomic mass is 10.3. The molecule has 0 aliphatic carbocycles. The van der Waals surface area contributed by atoms with Gasteiger partial charge in [0.05, 0.1) is 6.33 Å². The van der Waals surface area contributed by atoms with E-state index >= 15 is 0 Å². The molecule has 0 saturated carbocycles. The molecule has 120 valence electrons. The second-order valence-electron chi connectivity index (χ2n) is 6.17. The molecule has 6 nitrogen and oxygen atoms in total. The molecule has 0 aliphatic heterocycles. The van der Waals surface area contributed by atoms with E-state index in [2.05, 4.69) is 39.6 Å². The van der Waals surface area contributed by atoms with Gasteiger partial charge in [0.15, 0.2) is 0 Å². The zero-order valence-corrected chi connectivity index (χ0v) is 15.4. The minimum absolute atomic E-state index is 0.0902. The van der Waals surface area contributed by atoms with Crippen molar-refractivity contribution in [3.8, 4) is 0 Å². The summed E-state index contributed by atoms with van der Waals surface area (Å²) in [6.07, 6.45) is 3.96. The van der Waals surface area contributed by atoms with Crippen molar-refractivity contribution in [3.63, 3.8) is 0 Å². The van der Waals surface area contributed by atoms with Crippen LogP contribution >= 0.6 is 23.2 Å². The van der Waals surface area contributed by atoms with Crippen molar-refractivity contribution >= 4 is 31.3 Å². The van der Waals surface area contributed by atoms with E-state index in [1.165, 1.54) is 0 Å². The predicted octanol–water partition coefficient (Wildman–Crippen LogP) is 3.28. The first-order valence-electron chi connectivity index (χ1n) is 6.96. The van der Waals surface area contributed by atoms with Gasteiger partial charge < -0.3 is 9.30 Å². The van der Waals surface area contributed by atoms with Crippen LogP contribution in [-0.2, 0) is 17.9 Å². The van der Waals surface area contributed by atoms with Crippen LogP contribution in [0.5, 0.6) is 0 Å². The summed E-state index contributed by atoms with van der Waals surface area (Å²) >= 11 is 11.6. The normalized spacial score (nSPS) is 11.9. The summed E-state index contributed by atoms with van der Waals surface area (Å²) in [5.41, 5.74) is 0.936. The Morgan fingerprint density at radius 1 is 1.14 bits per heavy atom. The van der Waals surface area contributed by atoms with Crippen molar-refractivity contribution in [2.24, 2.45) is 0 Å². The highest BCUT2D eigenvalue weighted by molar-refractivity contribution is 6.76. The molecule has 0 bridgehead atoms. The average molecular weight is 360 g/mol. The molecule has 2 rings (SSSR count). The molecule has 0 unspecified atom stereocenters. The van der Waals surface area contributed by atoms with Gasteiger partial charge in [0.25, 0.3) is 0 Å². The van der Waals surface area contributed by atoms with Crippen molar-refractivity contribution in [2.45, 2.75) is 38.8 Å².